The third kappa shape index (κ3) is 5.13. The fourth-order valence-corrected chi connectivity index (χ4v) is 5.10. The smallest absolute Gasteiger partial charge is 0.203 e. The van der Waals surface area contributed by atoms with Gasteiger partial charge in [0, 0.05) is 18.2 Å². The van der Waals surface area contributed by atoms with E-state index in [1.807, 2.05) is 22.9 Å². The number of ether oxygens (including phenoxy) is 3. The van der Waals surface area contributed by atoms with Gasteiger partial charge in [-0.15, -0.1) is 0 Å². The molecule has 0 amide bonds. The summed E-state index contributed by atoms with van der Waals surface area (Å²) in [5.41, 5.74) is 2.16. The van der Waals surface area contributed by atoms with E-state index < -0.39 is 0 Å². The Kier molecular flexibility index (Phi) is 7.90. The molecule has 1 fully saturated rings. The highest BCUT2D eigenvalue weighted by atomic mass is 32.1. The second-order valence-corrected chi connectivity index (χ2v) is 9.19. The van der Waals surface area contributed by atoms with Crippen molar-refractivity contribution in [1.82, 2.24) is 19.2 Å². The SMILES string of the molecule is COc1cc(-c2nn(CN(C)Cc3ccccc3)c(=S)n2C2CCCCC2)cc(OC)c1OC. The van der Waals surface area contributed by atoms with Crippen LogP contribution in [0.2, 0.25) is 0 Å². The van der Waals surface area contributed by atoms with Crippen LogP contribution in [-0.4, -0.2) is 47.6 Å². The fraction of sp³-hybridized carbons (Fsp3) is 0.462. The minimum absolute atomic E-state index is 0.337. The quantitative estimate of drug-likeness (QED) is 0.365. The molecule has 0 saturated heterocycles. The second-order valence-electron chi connectivity index (χ2n) is 8.82. The van der Waals surface area contributed by atoms with Crippen molar-refractivity contribution in [3.8, 4) is 28.6 Å². The van der Waals surface area contributed by atoms with E-state index in [1.165, 1.54) is 24.8 Å². The molecule has 1 aliphatic rings. The Hall–Kier alpha value is -2.84. The lowest BCUT2D eigenvalue weighted by Crippen LogP contribution is -2.23. The minimum atomic E-state index is 0.337. The third-order valence-electron chi connectivity index (χ3n) is 6.40. The minimum Gasteiger partial charge on any atom is -0.493 e. The topological polar surface area (TPSA) is 53.7 Å². The van der Waals surface area contributed by atoms with E-state index in [-0.39, 0.29) is 0 Å². The van der Waals surface area contributed by atoms with E-state index in [4.69, 9.17) is 31.5 Å². The molecule has 3 aromatic rings. The molecule has 1 aromatic heterocycles. The summed E-state index contributed by atoms with van der Waals surface area (Å²) in [4.78, 5) is 2.22. The first-order chi connectivity index (χ1) is 16.5. The Bertz CT molecular complexity index is 1130. The maximum absolute atomic E-state index is 6.00. The van der Waals surface area contributed by atoms with E-state index in [2.05, 4.69) is 40.8 Å². The van der Waals surface area contributed by atoms with E-state index in [0.717, 1.165) is 35.5 Å². The van der Waals surface area contributed by atoms with Gasteiger partial charge < -0.3 is 14.2 Å². The van der Waals surface area contributed by atoms with Gasteiger partial charge in [0.2, 0.25) is 5.75 Å². The van der Waals surface area contributed by atoms with Crippen molar-refractivity contribution in [2.24, 2.45) is 0 Å². The van der Waals surface area contributed by atoms with Gasteiger partial charge in [0.25, 0.3) is 0 Å². The molecule has 0 aliphatic heterocycles. The normalized spacial score (nSPS) is 14.4. The van der Waals surface area contributed by atoms with Gasteiger partial charge in [-0.25, -0.2) is 4.68 Å². The Morgan fingerprint density at radius 2 is 1.62 bits per heavy atom. The molecule has 0 bridgehead atoms. The zero-order valence-corrected chi connectivity index (χ0v) is 21.3. The average Bonchev–Trinajstić information content (AvgIpc) is 3.19. The lowest BCUT2D eigenvalue weighted by Gasteiger charge is -2.24. The molecule has 0 spiro atoms. The lowest BCUT2D eigenvalue weighted by atomic mass is 9.95. The van der Waals surface area contributed by atoms with Crippen LogP contribution in [0, 0.1) is 4.77 Å². The average molecular weight is 483 g/mol. The summed E-state index contributed by atoms with van der Waals surface area (Å²) in [6.45, 7) is 1.42. The number of rotatable bonds is 9. The van der Waals surface area contributed by atoms with Crippen LogP contribution >= 0.6 is 12.2 Å². The predicted octanol–water partition coefficient (Wildman–Crippen LogP) is 5.70. The molecule has 0 unspecified atom stereocenters. The molecule has 1 aliphatic carbocycles. The van der Waals surface area contributed by atoms with Gasteiger partial charge in [-0.3, -0.25) is 9.47 Å². The number of nitrogens with zero attached hydrogens (tertiary/aromatic N) is 4. The Morgan fingerprint density at radius 1 is 0.971 bits per heavy atom. The van der Waals surface area contributed by atoms with Gasteiger partial charge in [0.1, 0.15) is 0 Å². The van der Waals surface area contributed by atoms with Crippen molar-refractivity contribution in [3.63, 3.8) is 0 Å². The molecule has 182 valence electrons. The van der Waals surface area contributed by atoms with Gasteiger partial charge >= 0.3 is 0 Å². The van der Waals surface area contributed by atoms with E-state index in [1.54, 1.807) is 21.3 Å². The zero-order valence-electron chi connectivity index (χ0n) is 20.5. The summed E-state index contributed by atoms with van der Waals surface area (Å²) < 4.78 is 21.7. The maximum atomic E-state index is 6.00. The molecule has 34 heavy (non-hydrogen) atoms. The van der Waals surface area contributed by atoms with E-state index in [9.17, 15) is 0 Å². The van der Waals surface area contributed by atoms with Gasteiger partial charge in [0.05, 0.1) is 28.0 Å². The summed E-state index contributed by atoms with van der Waals surface area (Å²) in [7, 11) is 6.96. The van der Waals surface area contributed by atoms with Crippen LogP contribution in [0.4, 0.5) is 0 Å². The molecule has 1 saturated carbocycles. The number of hydrogen-bond acceptors (Lipinski definition) is 6. The molecule has 4 rings (SSSR count). The van der Waals surface area contributed by atoms with Crippen molar-refractivity contribution >= 4 is 12.2 Å². The molecule has 0 atom stereocenters. The first-order valence-corrected chi connectivity index (χ1v) is 12.2. The highest BCUT2D eigenvalue weighted by Gasteiger charge is 2.25. The molecule has 0 radical (unpaired) electrons. The number of benzene rings is 2. The molecular formula is C26H34N4O3S. The van der Waals surface area contributed by atoms with E-state index in [0.29, 0.717) is 30.0 Å². The van der Waals surface area contributed by atoms with Gasteiger partial charge in [-0.05, 0) is 49.8 Å². The summed E-state index contributed by atoms with van der Waals surface area (Å²) in [6.07, 6.45) is 5.91. The lowest BCUT2D eigenvalue weighted by molar-refractivity contribution is 0.242. The summed E-state index contributed by atoms with van der Waals surface area (Å²) >= 11 is 6.00. The highest BCUT2D eigenvalue weighted by Crippen LogP contribution is 2.42. The number of methoxy groups -OCH3 is 3. The summed E-state index contributed by atoms with van der Waals surface area (Å²) in [5.74, 6) is 2.62. The van der Waals surface area contributed by atoms with Crippen molar-refractivity contribution < 1.29 is 14.2 Å². The summed E-state index contributed by atoms with van der Waals surface area (Å²) in [5, 5.41) is 5.02. The van der Waals surface area contributed by atoms with Crippen molar-refractivity contribution in [2.45, 2.75) is 51.4 Å². The highest BCUT2D eigenvalue weighted by molar-refractivity contribution is 7.71. The van der Waals surface area contributed by atoms with E-state index >= 15 is 0 Å². The monoisotopic (exact) mass is 482 g/mol. The predicted molar refractivity (Wildman–Crippen MR) is 136 cm³/mol. The summed E-state index contributed by atoms with van der Waals surface area (Å²) in [6, 6.07) is 14.7. The van der Waals surface area contributed by atoms with Gasteiger partial charge in [0.15, 0.2) is 22.1 Å². The van der Waals surface area contributed by atoms with Crippen LogP contribution in [0.5, 0.6) is 17.2 Å². The van der Waals surface area contributed by atoms with Crippen LogP contribution in [0.25, 0.3) is 11.4 Å². The molecule has 0 N–H and O–H groups in total. The largest absolute Gasteiger partial charge is 0.493 e. The van der Waals surface area contributed by atoms with Crippen LogP contribution < -0.4 is 14.2 Å². The molecule has 2 aromatic carbocycles. The molecular weight excluding hydrogens is 448 g/mol. The fourth-order valence-electron chi connectivity index (χ4n) is 4.76. The number of hydrogen-bond donors (Lipinski definition) is 0. The Morgan fingerprint density at radius 3 is 2.21 bits per heavy atom. The van der Waals surface area contributed by atoms with Crippen LogP contribution in [0.1, 0.15) is 43.7 Å². The zero-order chi connectivity index (χ0) is 24.1. The van der Waals surface area contributed by atoms with Crippen molar-refractivity contribution in [2.75, 3.05) is 28.4 Å². The Balaban J connectivity index is 1.75. The number of aromatic nitrogens is 3. The first-order valence-electron chi connectivity index (χ1n) is 11.8. The van der Waals surface area contributed by atoms with Gasteiger partial charge in [-0.1, -0.05) is 49.6 Å². The van der Waals surface area contributed by atoms with Crippen LogP contribution in [-0.2, 0) is 13.2 Å². The van der Waals surface area contributed by atoms with Crippen LogP contribution in [0.3, 0.4) is 0 Å². The molecule has 7 nitrogen and oxygen atoms in total. The standard InChI is InChI=1S/C26H34N4O3S/c1-28(17-19-11-7-5-8-12-19)18-29-26(34)30(21-13-9-6-10-14-21)25(27-29)20-15-22(31-2)24(33-4)23(16-20)32-3/h5,7-8,11-12,15-16,21H,6,9-10,13-14,17-18H2,1-4H3. The first kappa shape index (κ1) is 24.3. The molecule has 8 heteroatoms. The Labute approximate surface area is 206 Å². The molecule has 1 heterocycles. The maximum Gasteiger partial charge on any atom is 0.203 e. The third-order valence-corrected chi connectivity index (χ3v) is 6.81. The second kappa shape index (κ2) is 11.1. The van der Waals surface area contributed by atoms with Crippen molar-refractivity contribution in [1.29, 1.82) is 0 Å². The van der Waals surface area contributed by atoms with Crippen molar-refractivity contribution in [3.05, 3.63) is 52.8 Å². The van der Waals surface area contributed by atoms with Crippen LogP contribution in [0.15, 0.2) is 42.5 Å². The van der Waals surface area contributed by atoms with Gasteiger partial charge in [-0.2, -0.15) is 5.10 Å².